The van der Waals surface area contributed by atoms with Gasteiger partial charge < -0.3 is 14.2 Å². The molecule has 440 valence electrons. The molecule has 1 atom stereocenters. The van der Waals surface area contributed by atoms with Crippen LogP contribution in [0, 0.1) is 0 Å². The quantitative estimate of drug-likeness (QED) is 0.0261. The van der Waals surface area contributed by atoms with Crippen LogP contribution in [-0.2, 0) is 28.6 Å². The van der Waals surface area contributed by atoms with Crippen LogP contribution in [0.25, 0.3) is 0 Å². The van der Waals surface area contributed by atoms with Crippen molar-refractivity contribution in [3.63, 3.8) is 0 Å². The minimum atomic E-state index is -0.775. The zero-order valence-corrected chi connectivity index (χ0v) is 50.6. The second-order valence-electron chi connectivity index (χ2n) is 22.7. The summed E-state index contributed by atoms with van der Waals surface area (Å²) in [6, 6.07) is 0. The van der Waals surface area contributed by atoms with E-state index < -0.39 is 6.10 Å². The molecule has 0 aromatic rings. The van der Waals surface area contributed by atoms with Crippen LogP contribution in [0.4, 0.5) is 0 Å². The van der Waals surface area contributed by atoms with Crippen molar-refractivity contribution in [1.82, 2.24) is 0 Å². The van der Waals surface area contributed by atoms with E-state index in [1.165, 1.54) is 257 Å². The van der Waals surface area contributed by atoms with E-state index in [1.54, 1.807) is 0 Å². The normalized spacial score (nSPS) is 12.2. The Labute approximate surface area is 467 Å². The Bertz CT molecular complexity index is 1250. The minimum Gasteiger partial charge on any atom is -0.462 e. The highest BCUT2D eigenvalue weighted by atomic mass is 16.6. The van der Waals surface area contributed by atoms with Crippen molar-refractivity contribution in [2.75, 3.05) is 13.2 Å². The Morgan fingerprint density at radius 1 is 0.267 bits per heavy atom. The number of carbonyl (C=O) groups excluding carboxylic acids is 3. The summed E-state index contributed by atoms with van der Waals surface area (Å²) in [4.78, 5) is 38.4. The van der Waals surface area contributed by atoms with Gasteiger partial charge in [-0.05, 0) is 77.0 Å². The number of ether oxygens (including phenoxy) is 3. The van der Waals surface area contributed by atoms with E-state index in [0.29, 0.717) is 19.3 Å². The van der Waals surface area contributed by atoms with Gasteiger partial charge in [0.2, 0.25) is 0 Å². The third-order valence-electron chi connectivity index (χ3n) is 15.1. The van der Waals surface area contributed by atoms with E-state index in [4.69, 9.17) is 14.2 Å². The molecule has 0 saturated heterocycles. The molecule has 1 unspecified atom stereocenters. The summed E-state index contributed by atoms with van der Waals surface area (Å²) in [5, 5.41) is 0. The Balaban J connectivity index is 4.33. The minimum absolute atomic E-state index is 0.0714. The van der Waals surface area contributed by atoms with E-state index in [2.05, 4.69) is 57.2 Å². The third-order valence-corrected chi connectivity index (χ3v) is 15.1. The van der Waals surface area contributed by atoms with Gasteiger partial charge >= 0.3 is 17.9 Å². The summed E-state index contributed by atoms with van der Waals surface area (Å²) in [5.41, 5.74) is 0. The highest BCUT2D eigenvalue weighted by Gasteiger charge is 2.19. The lowest BCUT2D eigenvalue weighted by Crippen LogP contribution is -2.30. The van der Waals surface area contributed by atoms with Crippen LogP contribution in [0.5, 0.6) is 0 Å². The number of unbranched alkanes of at least 4 members (excludes halogenated alkanes) is 45. The third kappa shape index (κ3) is 62.4. The fourth-order valence-corrected chi connectivity index (χ4v) is 10.1. The van der Waals surface area contributed by atoms with Crippen molar-refractivity contribution in [2.45, 2.75) is 374 Å². The summed E-state index contributed by atoms with van der Waals surface area (Å²) < 4.78 is 17.0. The smallest absolute Gasteiger partial charge is 0.306 e. The largest absolute Gasteiger partial charge is 0.462 e. The van der Waals surface area contributed by atoms with Crippen LogP contribution in [-0.4, -0.2) is 37.2 Å². The van der Waals surface area contributed by atoms with Gasteiger partial charge in [0, 0.05) is 19.3 Å². The zero-order valence-electron chi connectivity index (χ0n) is 50.6. The maximum absolute atomic E-state index is 12.9. The first-order chi connectivity index (χ1) is 37.0. The Morgan fingerprint density at radius 3 is 0.773 bits per heavy atom. The van der Waals surface area contributed by atoms with Crippen LogP contribution in [0.2, 0.25) is 0 Å². The maximum atomic E-state index is 12.9. The van der Waals surface area contributed by atoms with Crippen LogP contribution in [0.1, 0.15) is 367 Å². The van der Waals surface area contributed by atoms with Gasteiger partial charge in [0.05, 0.1) is 0 Å². The summed E-state index contributed by atoms with van der Waals surface area (Å²) in [6.07, 6.45) is 78.6. The molecule has 0 bridgehead atoms. The monoisotopic (exact) mass is 1050 g/mol. The van der Waals surface area contributed by atoms with Crippen molar-refractivity contribution in [1.29, 1.82) is 0 Å². The molecule has 0 heterocycles. The van der Waals surface area contributed by atoms with Gasteiger partial charge in [-0.3, -0.25) is 14.4 Å². The summed E-state index contributed by atoms with van der Waals surface area (Å²) in [6.45, 7) is 6.68. The summed E-state index contributed by atoms with van der Waals surface area (Å²) in [7, 11) is 0. The second-order valence-corrected chi connectivity index (χ2v) is 22.7. The molecule has 0 aromatic carbocycles. The first-order valence-electron chi connectivity index (χ1n) is 33.5. The molecule has 75 heavy (non-hydrogen) atoms. The number of hydrogen-bond acceptors (Lipinski definition) is 6. The Hall–Kier alpha value is -2.37. The lowest BCUT2D eigenvalue weighted by Gasteiger charge is -2.18. The van der Waals surface area contributed by atoms with Crippen molar-refractivity contribution in [3.05, 3.63) is 36.5 Å². The number of esters is 3. The van der Waals surface area contributed by atoms with E-state index in [1.807, 2.05) is 0 Å². The highest BCUT2D eigenvalue weighted by molar-refractivity contribution is 5.71. The number of allylic oxidation sites excluding steroid dienone is 6. The molecule has 0 aliphatic rings. The predicted octanol–water partition coefficient (Wildman–Crippen LogP) is 22.8. The summed E-state index contributed by atoms with van der Waals surface area (Å²) >= 11 is 0. The average molecular weight is 1050 g/mol. The lowest BCUT2D eigenvalue weighted by atomic mass is 10.0. The fourth-order valence-electron chi connectivity index (χ4n) is 10.1. The summed E-state index contributed by atoms with van der Waals surface area (Å²) in [5.74, 6) is -0.854. The van der Waals surface area contributed by atoms with E-state index in [9.17, 15) is 14.4 Å². The molecule has 0 N–H and O–H groups in total. The molecule has 6 heteroatoms. The molecule has 0 radical (unpaired) electrons. The molecule has 0 aliphatic heterocycles. The molecule has 6 nitrogen and oxygen atoms in total. The first-order valence-corrected chi connectivity index (χ1v) is 33.5. The maximum Gasteiger partial charge on any atom is 0.306 e. The molecule has 0 fully saturated rings. The second kappa shape index (κ2) is 64.2. The van der Waals surface area contributed by atoms with Gasteiger partial charge in [-0.2, -0.15) is 0 Å². The van der Waals surface area contributed by atoms with Crippen LogP contribution in [0.3, 0.4) is 0 Å². The molecule has 0 rings (SSSR count). The number of carbonyl (C=O) groups is 3. The molecular weight excluding hydrogens is 925 g/mol. The fraction of sp³-hybridized carbons (Fsp3) is 0.870. The number of hydrogen-bond donors (Lipinski definition) is 0. The van der Waals surface area contributed by atoms with Gasteiger partial charge in [0.25, 0.3) is 0 Å². The van der Waals surface area contributed by atoms with Crippen molar-refractivity contribution in [2.24, 2.45) is 0 Å². The SMILES string of the molecule is CCCCC/C=C\C/C=C\CCCCCCCCCC(=O)OCC(COC(=O)CCCCCCCCCCC/C=C\CCCCCCCCCC)OC(=O)CCCCCCCCCCCCCCCCCCCCC. The van der Waals surface area contributed by atoms with Crippen molar-refractivity contribution < 1.29 is 28.6 Å². The van der Waals surface area contributed by atoms with Gasteiger partial charge in [0.1, 0.15) is 13.2 Å². The van der Waals surface area contributed by atoms with Crippen molar-refractivity contribution in [3.8, 4) is 0 Å². The standard InChI is InChI=1S/C69H128O6/c1-4-7-10-13-16-19-22-25-28-31-33-34-36-38-41-44-47-50-53-56-59-62-68(71)74-65-66(64-73-67(70)61-58-55-52-49-46-43-40-37-30-27-24-21-18-15-12-9-6-3)75-69(72)63-60-57-54-51-48-45-42-39-35-32-29-26-23-20-17-14-11-8-5-2/h18,21,27,30-31,33,66H,4-17,19-20,22-26,28-29,32,34-65H2,1-3H3/b21-18-,30-27-,33-31-. The van der Waals surface area contributed by atoms with Gasteiger partial charge in [-0.25, -0.2) is 0 Å². The Morgan fingerprint density at radius 2 is 0.480 bits per heavy atom. The topological polar surface area (TPSA) is 78.9 Å². The van der Waals surface area contributed by atoms with E-state index in [0.717, 1.165) is 70.6 Å². The molecule has 0 spiro atoms. The van der Waals surface area contributed by atoms with Gasteiger partial charge in [-0.15, -0.1) is 0 Å². The van der Waals surface area contributed by atoms with Crippen LogP contribution < -0.4 is 0 Å². The first kappa shape index (κ1) is 72.6. The van der Waals surface area contributed by atoms with Crippen LogP contribution in [0.15, 0.2) is 36.5 Å². The molecular formula is C69H128O6. The zero-order chi connectivity index (χ0) is 54.3. The average Bonchev–Trinajstić information content (AvgIpc) is 3.41. The van der Waals surface area contributed by atoms with Gasteiger partial charge in [-0.1, -0.05) is 308 Å². The molecule has 0 aliphatic carbocycles. The number of rotatable bonds is 62. The van der Waals surface area contributed by atoms with Gasteiger partial charge in [0.15, 0.2) is 6.10 Å². The molecule has 0 amide bonds. The molecule has 0 aromatic heterocycles. The van der Waals surface area contributed by atoms with Crippen LogP contribution >= 0.6 is 0 Å². The highest BCUT2D eigenvalue weighted by Crippen LogP contribution is 2.18. The Kier molecular flexibility index (Phi) is 62.1. The van der Waals surface area contributed by atoms with E-state index in [-0.39, 0.29) is 31.1 Å². The molecule has 0 saturated carbocycles. The predicted molar refractivity (Wildman–Crippen MR) is 326 cm³/mol. The lowest BCUT2D eigenvalue weighted by molar-refractivity contribution is -0.167. The van der Waals surface area contributed by atoms with Crippen molar-refractivity contribution >= 4 is 17.9 Å². The van der Waals surface area contributed by atoms with E-state index >= 15 is 0 Å².